The molecule has 3 aromatic rings. The van der Waals surface area contributed by atoms with Crippen LogP contribution in [0.1, 0.15) is 27.5 Å². The quantitative estimate of drug-likeness (QED) is 0.707. The maximum Gasteiger partial charge on any atom is 0.254 e. The summed E-state index contributed by atoms with van der Waals surface area (Å²) in [4.78, 5) is 22.8. The monoisotopic (exact) mass is 401 g/mol. The Balaban J connectivity index is 1.40. The molecule has 30 heavy (non-hydrogen) atoms. The fourth-order valence-corrected chi connectivity index (χ4v) is 4.49. The largest absolute Gasteiger partial charge is 0.368 e. The number of aryl methyl sites for hydroxylation is 1. The van der Waals surface area contributed by atoms with Gasteiger partial charge in [0, 0.05) is 62.0 Å². The maximum absolute atomic E-state index is 13.5. The van der Waals surface area contributed by atoms with Gasteiger partial charge in [-0.3, -0.25) is 20.6 Å². The number of aromatic nitrogens is 1. The number of hydrogen-bond donors (Lipinski definition) is 2. The van der Waals surface area contributed by atoms with Crippen LogP contribution in [0.3, 0.4) is 0 Å². The highest BCUT2D eigenvalue weighted by Crippen LogP contribution is 2.26. The number of nitrogens with zero attached hydrogens (tertiary/aromatic N) is 3. The number of carbonyl (C=O) groups is 1. The number of benzene rings is 2. The first kappa shape index (κ1) is 19.0. The van der Waals surface area contributed by atoms with Crippen molar-refractivity contribution >= 4 is 22.5 Å². The van der Waals surface area contributed by atoms with Crippen LogP contribution in [0.4, 0.5) is 5.69 Å². The highest BCUT2D eigenvalue weighted by Gasteiger charge is 2.26. The van der Waals surface area contributed by atoms with E-state index in [0.29, 0.717) is 0 Å². The third-order valence-corrected chi connectivity index (χ3v) is 6.23. The molecule has 1 aromatic heterocycles. The Kier molecular flexibility index (Phi) is 5.11. The molecule has 154 valence electrons. The Morgan fingerprint density at radius 3 is 2.43 bits per heavy atom. The zero-order valence-corrected chi connectivity index (χ0v) is 17.3. The lowest BCUT2D eigenvalue weighted by Gasteiger charge is -2.37. The maximum atomic E-state index is 13.5. The van der Waals surface area contributed by atoms with E-state index in [2.05, 4.69) is 46.9 Å². The van der Waals surface area contributed by atoms with E-state index in [4.69, 9.17) is 4.98 Å². The van der Waals surface area contributed by atoms with Gasteiger partial charge in [0.1, 0.15) is 0 Å². The van der Waals surface area contributed by atoms with Crippen molar-refractivity contribution in [1.29, 1.82) is 0 Å². The molecule has 6 nitrogen and oxygen atoms in total. The molecule has 0 atom stereocenters. The Morgan fingerprint density at radius 2 is 1.67 bits per heavy atom. The summed E-state index contributed by atoms with van der Waals surface area (Å²) in [5.74, 6) is 0.386. The summed E-state index contributed by atoms with van der Waals surface area (Å²) in [6.07, 6.45) is 0. The molecule has 0 bridgehead atoms. The molecule has 2 aromatic carbocycles. The number of anilines is 1. The van der Waals surface area contributed by atoms with Crippen molar-refractivity contribution in [2.45, 2.75) is 12.8 Å². The van der Waals surface area contributed by atoms with Crippen LogP contribution < -0.4 is 15.8 Å². The average Bonchev–Trinajstić information content (AvgIpc) is 3.33. The highest BCUT2D eigenvalue weighted by molar-refractivity contribution is 6.06. The molecule has 2 saturated heterocycles. The van der Waals surface area contributed by atoms with Crippen LogP contribution in [0.5, 0.6) is 0 Å². The number of amides is 1. The number of rotatable bonds is 3. The molecule has 0 saturated carbocycles. The minimum atomic E-state index is 0.109. The summed E-state index contributed by atoms with van der Waals surface area (Å²) in [6, 6.07) is 18.4. The van der Waals surface area contributed by atoms with Gasteiger partial charge in [-0.2, -0.15) is 0 Å². The molecule has 2 N–H and O–H groups in total. The Labute approximate surface area is 176 Å². The van der Waals surface area contributed by atoms with Crippen LogP contribution in [-0.2, 0) is 0 Å². The zero-order chi connectivity index (χ0) is 20.5. The lowest BCUT2D eigenvalue weighted by atomic mass is 10.00. The number of pyridine rings is 1. The molecule has 3 heterocycles. The van der Waals surface area contributed by atoms with E-state index < -0.39 is 0 Å². The first-order chi connectivity index (χ1) is 14.7. The molecule has 0 radical (unpaired) electrons. The second-order valence-electron chi connectivity index (χ2n) is 8.14. The van der Waals surface area contributed by atoms with E-state index >= 15 is 0 Å². The van der Waals surface area contributed by atoms with Crippen molar-refractivity contribution in [3.63, 3.8) is 0 Å². The number of hydrazine groups is 1. The minimum absolute atomic E-state index is 0.109. The number of hydrogen-bond acceptors (Lipinski definition) is 5. The van der Waals surface area contributed by atoms with E-state index in [1.54, 1.807) is 0 Å². The Bertz CT molecular complexity index is 1070. The van der Waals surface area contributed by atoms with Gasteiger partial charge in [0.05, 0.1) is 11.1 Å². The third kappa shape index (κ3) is 3.53. The van der Waals surface area contributed by atoms with Crippen molar-refractivity contribution in [1.82, 2.24) is 20.7 Å². The van der Waals surface area contributed by atoms with Gasteiger partial charge in [0.25, 0.3) is 5.91 Å². The number of piperazine rings is 1. The third-order valence-electron chi connectivity index (χ3n) is 6.23. The van der Waals surface area contributed by atoms with Crippen LogP contribution >= 0.6 is 0 Å². The zero-order valence-electron chi connectivity index (χ0n) is 17.3. The molecular formula is C24H27N5O. The van der Waals surface area contributed by atoms with Gasteiger partial charge in [-0.1, -0.05) is 36.4 Å². The molecule has 0 unspecified atom stereocenters. The second-order valence-corrected chi connectivity index (χ2v) is 8.14. The lowest BCUT2D eigenvalue weighted by molar-refractivity contribution is 0.0748. The fraction of sp³-hybridized carbons (Fsp3) is 0.333. The first-order valence-electron chi connectivity index (χ1n) is 10.7. The van der Waals surface area contributed by atoms with Crippen molar-refractivity contribution < 1.29 is 4.79 Å². The van der Waals surface area contributed by atoms with E-state index in [0.717, 1.165) is 61.4 Å². The predicted octanol–water partition coefficient (Wildman–Crippen LogP) is 2.70. The molecular weight excluding hydrogens is 374 g/mol. The smallest absolute Gasteiger partial charge is 0.254 e. The van der Waals surface area contributed by atoms with Crippen molar-refractivity contribution in [2.24, 2.45) is 0 Å². The minimum Gasteiger partial charge on any atom is -0.368 e. The van der Waals surface area contributed by atoms with Gasteiger partial charge in [0.15, 0.2) is 0 Å². The fourth-order valence-electron chi connectivity index (χ4n) is 4.49. The summed E-state index contributed by atoms with van der Waals surface area (Å²) in [7, 11) is 0. The van der Waals surface area contributed by atoms with Crippen LogP contribution in [0.15, 0.2) is 54.6 Å². The van der Waals surface area contributed by atoms with Gasteiger partial charge < -0.3 is 9.80 Å². The van der Waals surface area contributed by atoms with Crippen molar-refractivity contribution in [2.75, 3.05) is 44.2 Å². The standard InChI is InChI=1S/C24H27N5O/c1-17-6-2-5-9-23(17)28-10-12-29(13-11-28)24(30)20-14-22(18-15-25-26-16-18)27-21-8-4-3-7-19(20)21/h2-9,14,18,25-26H,10-13,15-16H2,1H3. The summed E-state index contributed by atoms with van der Waals surface area (Å²) >= 11 is 0. The number of para-hydroxylation sites is 2. The van der Waals surface area contributed by atoms with Crippen molar-refractivity contribution in [3.8, 4) is 0 Å². The van der Waals surface area contributed by atoms with Gasteiger partial charge in [-0.15, -0.1) is 0 Å². The summed E-state index contributed by atoms with van der Waals surface area (Å²) in [5.41, 5.74) is 11.5. The van der Waals surface area contributed by atoms with E-state index in [1.165, 1.54) is 11.3 Å². The van der Waals surface area contributed by atoms with Crippen LogP contribution in [-0.4, -0.2) is 55.1 Å². The SMILES string of the molecule is Cc1ccccc1N1CCN(C(=O)c2cc(C3CNNC3)nc3ccccc23)CC1. The molecule has 0 aliphatic carbocycles. The van der Waals surface area contributed by atoms with Gasteiger partial charge in [-0.05, 0) is 30.7 Å². The summed E-state index contributed by atoms with van der Waals surface area (Å²) < 4.78 is 0. The number of nitrogens with one attached hydrogen (secondary N) is 2. The molecule has 2 fully saturated rings. The van der Waals surface area contributed by atoms with Gasteiger partial charge >= 0.3 is 0 Å². The second kappa shape index (κ2) is 8.05. The lowest BCUT2D eigenvalue weighted by Crippen LogP contribution is -2.49. The van der Waals surface area contributed by atoms with Gasteiger partial charge in [0.2, 0.25) is 0 Å². The predicted molar refractivity (Wildman–Crippen MR) is 120 cm³/mol. The van der Waals surface area contributed by atoms with E-state index in [1.807, 2.05) is 35.2 Å². The van der Waals surface area contributed by atoms with Crippen LogP contribution in [0.25, 0.3) is 10.9 Å². The van der Waals surface area contributed by atoms with E-state index in [9.17, 15) is 4.79 Å². The highest BCUT2D eigenvalue weighted by atomic mass is 16.2. The molecule has 0 spiro atoms. The normalized spacial score (nSPS) is 17.6. The summed E-state index contributed by atoms with van der Waals surface area (Å²) in [6.45, 7) is 6.95. The molecule has 2 aliphatic rings. The Hall–Kier alpha value is -2.96. The van der Waals surface area contributed by atoms with Crippen molar-refractivity contribution in [3.05, 3.63) is 71.4 Å². The average molecular weight is 402 g/mol. The van der Waals surface area contributed by atoms with E-state index in [-0.39, 0.29) is 11.8 Å². The molecule has 2 aliphatic heterocycles. The molecule has 1 amide bonds. The number of fused-ring (bicyclic) bond motifs is 1. The first-order valence-corrected chi connectivity index (χ1v) is 10.7. The van der Waals surface area contributed by atoms with Crippen LogP contribution in [0.2, 0.25) is 0 Å². The number of carbonyl (C=O) groups excluding carboxylic acids is 1. The summed E-state index contributed by atoms with van der Waals surface area (Å²) in [5, 5.41) is 0.937. The Morgan fingerprint density at radius 1 is 0.967 bits per heavy atom. The molecule has 6 heteroatoms. The van der Waals surface area contributed by atoms with Crippen LogP contribution in [0, 0.1) is 6.92 Å². The molecule has 5 rings (SSSR count). The topological polar surface area (TPSA) is 60.5 Å². The van der Waals surface area contributed by atoms with Gasteiger partial charge in [-0.25, -0.2) is 0 Å².